The largest absolute Gasteiger partial charge is 0.484 e. The molecule has 138 valence electrons. The van der Waals surface area contributed by atoms with E-state index >= 15 is 0 Å². The zero-order valence-electron chi connectivity index (χ0n) is 15.0. The third-order valence-corrected chi connectivity index (χ3v) is 4.67. The van der Waals surface area contributed by atoms with Gasteiger partial charge in [-0.2, -0.15) is 5.10 Å². The molecule has 1 aliphatic rings. The van der Waals surface area contributed by atoms with Gasteiger partial charge in [0.15, 0.2) is 0 Å². The summed E-state index contributed by atoms with van der Waals surface area (Å²) in [5, 5.41) is 4.63. The van der Waals surface area contributed by atoms with Crippen LogP contribution in [0.5, 0.6) is 5.75 Å². The molecule has 0 radical (unpaired) electrons. The van der Waals surface area contributed by atoms with Crippen molar-refractivity contribution in [2.45, 2.75) is 26.1 Å². The molecule has 0 bridgehead atoms. The summed E-state index contributed by atoms with van der Waals surface area (Å²) in [7, 11) is 0. The van der Waals surface area contributed by atoms with Crippen LogP contribution in [0.1, 0.15) is 34.8 Å². The van der Waals surface area contributed by atoms with Gasteiger partial charge in [0.05, 0.1) is 18.8 Å². The van der Waals surface area contributed by atoms with Crippen LogP contribution < -0.4 is 4.74 Å². The molecule has 1 unspecified atom stereocenters. The molecule has 5 nitrogen and oxygen atoms in total. The van der Waals surface area contributed by atoms with Gasteiger partial charge in [0, 0.05) is 12.1 Å². The van der Waals surface area contributed by atoms with Gasteiger partial charge in [0.2, 0.25) is 0 Å². The van der Waals surface area contributed by atoms with Gasteiger partial charge in [-0.05, 0) is 49.4 Å². The van der Waals surface area contributed by atoms with Crippen molar-refractivity contribution in [2.75, 3.05) is 6.54 Å². The molecule has 0 saturated carbocycles. The number of para-hydroxylation sites is 1. The molecule has 2 heterocycles. The molecule has 0 saturated heterocycles. The van der Waals surface area contributed by atoms with Crippen LogP contribution in [-0.2, 0) is 13.1 Å². The summed E-state index contributed by atoms with van der Waals surface area (Å²) in [6, 6.07) is 17.3. The number of aromatic nitrogens is 2. The number of benzene rings is 2. The summed E-state index contributed by atoms with van der Waals surface area (Å²) in [4.78, 5) is 14.4. The van der Waals surface area contributed by atoms with Crippen molar-refractivity contribution in [1.29, 1.82) is 0 Å². The van der Waals surface area contributed by atoms with E-state index in [2.05, 4.69) is 5.10 Å². The van der Waals surface area contributed by atoms with Gasteiger partial charge in [0.25, 0.3) is 5.91 Å². The van der Waals surface area contributed by atoms with Crippen LogP contribution >= 0.6 is 0 Å². The number of rotatable bonds is 4. The van der Waals surface area contributed by atoms with Crippen molar-refractivity contribution in [1.82, 2.24) is 14.7 Å². The topological polar surface area (TPSA) is 47.4 Å². The summed E-state index contributed by atoms with van der Waals surface area (Å²) < 4.78 is 20.9. The Labute approximate surface area is 157 Å². The van der Waals surface area contributed by atoms with E-state index in [1.165, 1.54) is 24.3 Å². The summed E-state index contributed by atoms with van der Waals surface area (Å²) in [5.74, 6) is 0.349. The molecule has 1 amide bonds. The normalized spacial score (nSPS) is 14.5. The van der Waals surface area contributed by atoms with Gasteiger partial charge in [-0.15, -0.1) is 0 Å². The number of carbonyl (C=O) groups excluding carboxylic acids is 1. The number of fused-ring (bicyclic) bond motifs is 1. The summed E-state index contributed by atoms with van der Waals surface area (Å²) in [6.45, 7) is 3.63. The van der Waals surface area contributed by atoms with Crippen molar-refractivity contribution in [3.8, 4) is 5.75 Å². The molecule has 1 aliphatic heterocycles. The van der Waals surface area contributed by atoms with E-state index in [9.17, 15) is 9.18 Å². The SMILES string of the molecule is CC(Oc1ccccc1)c1cc2n(n1)CCN(C(=O)c1ccc(F)cc1)C2. The lowest BCUT2D eigenvalue weighted by Gasteiger charge is -2.27. The maximum Gasteiger partial charge on any atom is 0.254 e. The highest BCUT2D eigenvalue weighted by Gasteiger charge is 2.24. The van der Waals surface area contributed by atoms with Crippen LogP contribution in [0.2, 0.25) is 0 Å². The Bertz CT molecular complexity index is 938. The molecule has 3 aromatic rings. The number of amides is 1. The number of hydrogen-bond donors (Lipinski definition) is 0. The number of nitrogens with zero attached hydrogens (tertiary/aromatic N) is 3. The quantitative estimate of drug-likeness (QED) is 0.706. The minimum absolute atomic E-state index is 0.0995. The number of ether oxygens (including phenoxy) is 1. The fourth-order valence-corrected chi connectivity index (χ4v) is 3.20. The zero-order chi connectivity index (χ0) is 18.8. The van der Waals surface area contributed by atoms with Gasteiger partial charge in [-0.1, -0.05) is 18.2 Å². The number of carbonyl (C=O) groups is 1. The second-order valence-corrected chi connectivity index (χ2v) is 6.59. The van der Waals surface area contributed by atoms with Crippen molar-refractivity contribution >= 4 is 5.91 Å². The Morgan fingerprint density at radius 1 is 1.11 bits per heavy atom. The van der Waals surface area contributed by atoms with E-state index in [1.807, 2.05) is 48.0 Å². The van der Waals surface area contributed by atoms with Crippen LogP contribution in [0.3, 0.4) is 0 Å². The molecule has 1 aromatic heterocycles. The van der Waals surface area contributed by atoms with E-state index in [4.69, 9.17) is 4.74 Å². The Morgan fingerprint density at radius 3 is 2.59 bits per heavy atom. The molecule has 4 rings (SSSR count). The first kappa shape index (κ1) is 17.3. The van der Waals surface area contributed by atoms with E-state index in [0.717, 1.165) is 17.1 Å². The number of halogens is 1. The Hall–Kier alpha value is -3.15. The highest BCUT2D eigenvalue weighted by Crippen LogP contribution is 2.23. The molecular formula is C21H20FN3O2. The second-order valence-electron chi connectivity index (χ2n) is 6.59. The molecule has 27 heavy (non-hydrogen) atoms. The van der Waals surface area contributed by atoms with E-state index in [-0.39, 0.29) is 17.8 Å². The summed E-state index contributed by atoms with van der Waals surface area (Å²) >= 11 is 0. The zero-order valence-corrected chi connectivity index (χ0v) is 15.0. The average molecular weight is 365 g/mol. The summed E-state index contributed by atoms with van der Waals surface area (Å²) in [5.41, 5.74) is 2.30. The Morgan fingerprint density at radius 2 is 1.85 bits per heavy atom. The fourth-order valence-electron chi connectivity index (χ4n) is 3.20. The van der Waals surface area contributed by atoms with Crippen molar-refractivity contribution in [3.63, 3.8) is 0 Å². The van der Waals surface area contributed by atoms with Gasteiger partial charge >= 0.3 is 0 Å². The van der Waals surface area contributed by atoms with Crippen LogP contribution in [0, 0.1) is 5.82 Å². The molecule has 0 aliphatic carbocycles. The lowest BCUT2D eigenvalue weighted by Crippen LogP contribution is -2.38. The highest BCUT2D eigenvalue weighted by molar-refractivity contribution is 5.94. The van der Waals surface area contributed by atoms with Crippen molar-refractivity contribution in [2.24, 2.45) is 0 Å². The molecule has 0 fully saturated rings. The molecule has 0 N–H and O–H groups in total. The van der Waals surface area contributed by atoms with Crippen molar-refractivity contribution in [3.05, 3.63) is 83.4 Å². The Kier molecular flexibility index (Phi) is 4.62. The van der Waals surface area contributed by atoms with Crippen LogP contribution in [0.25, 0.3) is 0 Å². The lowest BCUT2D eigenvalue weighted by molar-refractivity contribution is 0.0706. The van der Waals surface area contributed by atoms with Crippen LogP contribution in [0.15, 0.2) is 60.7 Å². The molecular weight excluding hydrogens is 345 g/mol. The maximum absolute atomic E-state index is 13.1. The van der Waals surface area contributed by atoms with Crippen LogP contribution in [0.4, 0.5) is 4.39 Å². The third-order valence-electron chi connectivity index (χ3n) is 4.67. The predicted octanol–water partition coefficient (Wildman–Crippen LogP) is 3.82. The van der Waals surface area contributed by atoms with Gasteiger partial charge in [-0.3, -0.25) is 9.48 Å². The maximum atomic E-state index is 13.1. The number of hydrogen-bond acceptors (Lipinski definition) is 3. The average Bonchev–Trinajstić information content (AvgIpc) is 3.12. The lowest BCUT2D eigenvalue weighted by atomic mass is 10.1. The van der Waals surface area contributed by atoms with E-state index in [1.54, 1.807) is 4.90 Å². The van der Waals surface area contributed by atoms with E-state index in [0.29, 0.717) is 25.2 Å². The van der Waals surface area contributed by atoms with Gasteiger partial charge in [-0.25, -0.2) is 4.39 Å². The van der Waals surface area contributed by atoms with Gasteiger partial charge < -0.3 is 9.64 Å². The first-order valence-corrected chi connectivity index (χ1v) is 8.93. The van der Waals surface area contributed by atoms with Gasteiger partial charge in [0.1, 0.15) is 23.4 Å². The fraction of sp³-hybridized carbons (Fsp3) is 0.238. The summed E-state index contributed by atoms with van der Waals surface area (Å²) in [6.07, 6.45) is -0.188. The highest BCUT2D eigenvalue weighted by atomic mass is 19.1. The van der Waals surface area contributed by atoms with E-state index < -0.39 is 0 Å². The second kappa shape index (κ2) is 7.23. The monoisotopic (exact) mass is 365 g/mol. The molecule has 2 aromatic carbocycles. The smallest absolute Gasteiger partial charge is 0.254 e. The molecule has 1 atom stereocenters. The first-order chi connectivity index (χ1) is 13.1. The van der Waals surface area contributed by atoms with Crippen LogP contribution in [-0.4, -0.2) is 27.1 Å². The molecule has 6 heteroatoms. The standard InChI is InChI=1S/C21H20FN3O2/c1-15(27-19-5-3-2-4-6-19)20-13-18-14-24(11-12-25(18)23-20)21(26)16-7-9-17(22)10-8-16/h2-10,13,15H,11-12,14H2,1H3. The predicted molar refractivity (Wildman–Crippen MR) is 98.9 cm³/mol. The minimum Gasteiger partial charge on any atom is -0.484 e. The minimum atomic E-state index is -0.347. The third kappa shape index (κ3) is 3.69. The Balaban J connectivity index is 1.47. The van der Waals surface area contributed by atoms with Crippen molar-refractivity contribution < 1.29 is 13.9 Å². The molecule has 0 spiro atoms. The first-order valence-electron chi connectivity index (χ1n) is 8.93.